The molecule has 0 spiro atoms. The van der Waals surface area contributed by atoms with E-state index in [0.29, 0.717) is 11.3 Å². The number of aromatic nitrogens is 1. The molecule has 2 aromatic carbocycles. The Morgan fingerprint density at radius 1 is 1.00 bits per heavy atom. The van der Waals surface area contributed by atoms with Crippen molar-refractivity contribution in [1.82, 2.24) is 9.88 Å². The van der Waals surface area contributed by atoms with E-state index in [1.54, 1.807) is 18.2 Å². The molecule has 7 heteroatoms. The van der Waals surface area contributed by atoms with E-state index in [2.05, 4.69) is 9.88 Å². The molecule has 3 rings (SSSR count). The van der Waals surface area contributed by atoms with Gasteiger partial charge in [0.05, 0.1) is 4.90 Å². The van der Waals surface area contributed by atoms with Crippen molar-refractivity contribution in [1.29, 1.82) is 0 Å². The van der Waals surface area contributed by atoms with E-state index in [1.165, 1.54) is 7.11 Å². The highest BCUT2D eigenvalue weighted by atomic mass is 32.2. The Hall–Kier alpha value is -2.48. The second-order valence-corrected chi connectivity index (χ2v) is 7.57. The van der Waals surface area contributed by atoms with Crippen molar-refractivity contribution in [3.63, 3.8) is 0 Å². The van der Waals surface area contributed by atoms with Gasteiger partial charge in [0, 0.05) is 23.8 Å². The first-order valence-corrected chi connectivity index (χ1v) is 9.54. The fourth-order valence-corrected chi connectivity index (χ4v) is 3.88. The van der Waals surface area contributed by atoms with Gasteiger partial charge in [0.2, 0.25) is 10.0 Å². The zero-order valence-corrected chi connectivity index (χ0v) is 15.6. The third-order valence-electron chi connectivity index (χ3n) is 4.20. The fourth-order valence-electron chi connectivity index (χ4n) is 2.73. The van der Waals surface area contributed by atoms with Crippen LogP contribution in [0.1, 0.15) is 11.3 Å². The zero-order valence-electron chi connectivity index (χ0n) is 14.8. The molecule has 0 aliphatic rings. The summed E-state index contributed by atoms with van der Waals surface area (Å²) in [5.74, 6) is 0.734. The van der Waals surface area contributed by atoms with Gasteiger partial charge >= 0.3 is 0 Å². The van der Waals surface area contributed by atoms with Gasteiger partial charge in [-0.25, -0.2) is 8.42 Å². The van der Waals surface area contributed by atoms with Crippen LogP contribution in [0.2, 0.25) is 0 Å². The highest BCUT2D eigenvalue weighted by molar-refractivity contribution is 7.89. The van der Waals surface area contributed by atoms with Crippen LogP contribution in [-0.2, 0) is 14.8 Å². The molecule has 1 aromatic heterocycles. The lowest BCUT2D eigenvalue weighted by atomic mass is 9.96. The lowest BCUT2D eigenvalue weighted by molar-refractivity contribution is 0.194. The van der Waals surface area contributed by atoms with Crippen LogP contribution in [-0.4, -0.2) is 27.4 Å². The summed E-state index contributed by atoms with van der Waals surface area (Å²) in [6, 6.07) is 14.4. The van der Waals surface area contributed by atoms with Gasteiger partial charge in [-0.15, -0.1) is 0 Å². The summed E-state index contributed by atoms with van der Waals surface area (Å²) in [5.41, 5.74) is 3.80. The summed E-state index contributed by atoms with van der Waals surface area (Å²) in [7, 11) is -2.29. The van der Waals surface area contributed by atoms with E-state index >= 15 is 0 Å². The van der Waals surface area contributed by atoms with Gasteiger partial charge in [-0.2, -0.15) is 4.72 Å². The lowest BCUT2D eigenvalue weighted by Gasteiger charge is -2.14. The van der Waals surface area contributed by atoms with Crippen molar-refractivity contribution in [3.05, 3.63) is 59.9 Å². The third-order valence-corrected chi connectivity index (χ3v) is 5.63. The number of aryl methyl sites for hydroxylation is 1. The minimum absolute atomic E-state index is 0.0973. The summed E-state index contributed by atoms with van der Waals surface area (Å²) >= 11 is 0. The monoisotopic (exact) mass is 372 g/mol. The van der Waals surface area contributed by atoms with Gasteiger partial charge < -0.3 is 9.26 Å². The van der Waals surface area contributed by atoms with Gasteiger partial charge in [0.1, 0.15) is 18.2 Å². The molecular weight excluding hydrogens is 352 g/mol. The van der Waals surface area contributed by atoms with Crippen LogP contribution in [0.5, 0.6) is 0 Å². The smallest absolute Gasteiger partial charge is 0.243 e. The molecule has 1 N–H and O–H groups in total. The Balaban J connectivity index is 2.20. The molecule has 136 valence electrons. The SMILES string of the molecule is COCNS(=O)(=O)c1ccccc1-c1ccccc1-c1noc(C)c1C. The molecule has 0 radical (unpaired) electrons. The average Bonchev–Trinajstić information content (AvgIpc) is 2.99. The van der Waals surface area contributed by atoms with Gasteiger partial charge in [-0.1, -0.05) is 47.6 Å². The van der Waals surface area contributed by atoms with Crippen LogP contribution >= 0.6 is 0 Å². The van der Waals surface area contributed by atoms with Gasteiger partial charge in [0.15, 0.2) is 0 Å². The number of hydrogen-bond donors (Lipinski definition) is 1. The molecule has 3 aromatic rings. The summed E-state index contributed by atoms with van der Waals surface area (Å²) in [5, 5.41) is 4.15. The predicted molar refractivity (Wildman–Crippen MR) is 99.0 cm³/mol. The second kappa shape index (κ2) is 7.41. The lowest BCUT2D eigenvalue weighted by Crippen LogP contribution is -2.26. The molecule has 6 nitrogen and oxygen atoms in total. The molecule has 0 unspecified atom stereocenters. The van der Waals surface area contributed by atoms with Gasteiger partial charge in [-0.3, -0.25) is 0 Å². The van der Waals surface area contributed by atoms with Crippen molar-refractivity contribution in [2.45, 2.75) is 18.7 Å². The first kappa shape index (κ1) is 18.3. The van der Waals surface area contributed by atoms with E-state index in [0.717, 1.165) is 22.5 Å². The van der Waals surface area contributed by atoms with Crippen LogP contribution in [0.4, 0.5) is 0 Å². The predicted octanol–water partition coefficient (Wildman–Crippen LogP) is 3.51. The van der Waals surface area contributed by atoms with Crippen LogP contribution in [0.25, 0.3) is 22.4 Å². The molecule has 26 heavy (non-hydrogen) atoms. The van der Waals surface area contributed by atoms with Gasteiger partial charge in [0.25, 0.3) is 0 Å². The zero-order chi connectivity index (χ0) is 18.7. The number of hydrogen-bond acceptors (Lipinski definition) is 5. The van der Waals surface area contributed by atoms with Crippen molar-refractivity contribution < 1.29 is 17.7 Å². The minimum Gasteiger partial charge on any atom is -0.369 e. The standard InChI is InChI=1S/C19H20N2O4S/c1-13-14(2)25-21-19(13)17-10-5-4-8-15(17)16-9-6-7-11-18(16)26(22,23)20-12-24-3/h4-11,20H,12H2,1-3H3. The van der Waals surface area contributed by atoms with E-state index < -0.39 is 10.0 Å². The highest BCUT2D eigenvalue weighted by Crippen LogP contribution is 2.36. The first-order valence-electron chi connectivity index (χ1n) is 8.06. The molecule has 0 atom stereocenters. The number of nitrogens with one attached hydrogen (secondary N) is 1. The maximum absolute atomic E-state index is 12.7. The van der Waals surface area contributed by atoms with Crippen LogP contribution in [0.3, 0.4) is 0 Å². The first-order chi connectivity index (χ1) is 12.5. The number of nitrogens with zero attached hydrogens (tertiary/aromatic N) is 1. The number of methoxy groups -OCH3 is 1. The summed E-state index contributed by atoms with van der Waals surface area (Å²) in [6.45, 7) is 3.68. The average molecular weight is 372 g/mol. The molecule has 0 aliphatic heterocycles. The Kier molecular flexibility index (Phi) is 5.22. The van der Waals surface area contributed by atoms with Crippen molar-refractivity contribution in [2.75, 3.05) is 13.8 Å². The molecule has 1 heterocycles. The second-order valence-electron chi connectivity index (χ2n) is 5.83. The van der Waals surface area contributed by atoms with Crippen LogP contribution < -0.4 is 4.72 Å². The molecule has 0 bridgehead atoms. The normalized spacial score (nSPS) is 11.7. The summed E-state index contributed by atoms with van der Waals surface area (Å²) < 4.78 is 37.9. The topological polar surface area (TPSA) is 81.4 Å². The number of ether oxygens (including phenoxy) is 1. The third kappa shape index (κ3) is 3.41. The van der Waals surface area contributed by atoms with Crippen molar-refractivity contribution in [3.8, 4) is 22.4 Å². The van der Waals surface area contributed by atoms with Crippen LogP contribution in [0.15, 0.2) is 57.9 Å². The van der Waals surface area contributed by atoms with E-state index in [4.69, 9.17) is 9.26 Å². The Morgan fingerprint density at radius 3 is 2.23 bits per heavy atom. The van der Waals surface area contributed by atoms with Gasteiger partial charge in [-0.05, 0) is 25.5 Å². The maximum Gasteiger partial charge on any atom is 0.243 e. The molecule has 0 saturated carbocycles. The molecule has 0 saturated heterocycles. The quantitative estimate of drug-likeness (QED) is 0.670. The summed E-state index contributed by atoms with van der Waals surface area (Å²) in [4.78, 5) is 0.183. The van der Waals surface area contributed by atoms with Crippen molar-refractivity contribution in [2.24, 2.45) is 0 Å². The maximum atomic E-state index is 12.7. The van der Waals surface area contributed by atoms with Crippen molar-refractivity contribution >= 4 is 10.0 Å². The number of sulfonamides is 1. The Morgan fingerprint density at radius 2 is 1.62 bits per heavy atom. The van der Waals surface area contributed by atoms with Crippen LogP contribution in [0, 0.1) is 13.8 Å². The molecule has 0 aliphatic carbocycles. The number of rotatable bonds is 6. The molecule has 0 fully saturated rings. The summed E-state index contributed by atoms with van der Waals surface area (Å²) in [6.07, 6.45) is 0. The molecular formula is C19H20N2O4S. The van der Waals surface area contributed by atoms with E-state index in [-0.39, 0.29) is 11.6 Å². The molecule has 0 amide bonds. The fraction of sp³-hybridized carbons (Fsp3) is 0.211. The Labute approximate surface area is 152 Å². The minimum atomic E-state index is -3.72. The van der Waals surface area contributed by atoms with E-state index in [1.807, 2.05) is 44.2 Å². The Bertz CT molecular complexity index is 1030. The van der Waals surface area contributed by atoms with E-state index in [9.17, 15) is 8.42 Å². The number of benzene rings is 2. The highest BCUT2D eigenvalue weighted by Gasteiger charge is 2.22. The largest absolute Gasteiger partial charge is 0.369 e.